The summed E-state index contributed by atoms with van der Waals surface area (Å²) >= 11 is 0. The fraction of sp³-hybridized carbons (Fsp3) is 0.667. The van der Waals surface area contributed by atoms with E-state index in [-0.39, 0.29) is 0 Å². The summed E-state index contributed by atoms with van der Waals surface area (Å²) < 4.78 is 4.78. The lowest BCUT2D eigenvalue weighted by Gasteiger charge is -2.15. The van der Waals surface area contributed by atoms with Crippen molar-refractivity contribution in [1.29, 1.82) is 5.26 Å². The highest BCUT2D eigenvalue weighted by Crippen LogP contribution is 2.19. The van der Waals surface area contributed by atoms with Crippen molar-refractivity contribution in [1.82, 2.24) is 0 Å². The largest absolute Gasteiger partial charge is 0.393 e. The Morgan fingerprint density at radius 2 is 2.00 bits per heavy atom. The van der Waals surface area contributed by atoms with Crippen LogP contribution in [0.1, 0.15) is 27.7 Å². The molecule has 1 atom stereocenters. The quantitative estimate of drug-likeness (QED) is 0.461. The molecule has 0 rings (SSSR count). The molecule has 0 N–H and O–H groups in total. The summed E-state index contributed by atoms with van der Waals surface area (Å²) in [5, 5.41) is 8.29. The van der Waals surface area contributed by atoms with Crippen molar-refractivity contribution >= 4 is 0 Å². The Hall–Kier alpha value is -0.970. The van der Waals surface area contributed by atoms with Gasteiger partial charge in [0.2, 0.25) is 0 Å². The van der Waals surface area contributed by atoms with Crippen molar-refractivity contribution in [3.63, 3.8) is 0 Å². The predicted octanol–water partition coefficient (Wildman–Crippen LogP) is 2.68. The molecule has 0 heterocycles. The van der Waals surface area contributed by atoms with E-state index in [2.05, 4.69) is 20.8 Å². The van der Waals surface area contributed by atoms with E-state index in [1.165, 1.54) is 0 Å². The molecular formula is C9H15NO. The summed E-state index contributed by atoms with van der Waals surface area (Å²) in [4.78, 5) is 0. The van der Waals surface area contributed by atoms with Crippen molar-refractivity contribution in [2.75, 3.05) is 0 Å². The lowest BCUT2D eigenvalue weighted by Crippen LogP contribution is -2.08. The second-order valence-electron chi connectivity index (χ2n) is 2.92. The third-order valence-electron chi connectivity index (χ3n) is 1.90. The van der Waals surface area contributed by atoms with E-state index in [9.17, 15) is 0 Å². The second kappa shape index (κ2) is 4.79. The third kappa shape index (κ3) is 3.08. The van der Waals surface area contributed by atoms with Gasteiger partial charge in [0.25, 0.3) is 6.26 Å². The monoisotopic (exact) mass is 153 g/mol. The Balaban J connectivity index is 4.18. The third-order valence-corrected chi connectivity index (χ3v) is 1.90. The van der Waals surface area contributed by atoms with Crippen LogP contribution in [0.25, 0.3) is 0 Å². The number of nitriles is 1. The van der Waals surface area contributed by atoms with E-state index in [0.717, 1.165) is 5.76 Å². The van der Waals surface area contributed by atoms with Gasteiger partial charge in [-0.2, -0.15) is 0 Å². The van der Waals surface area contributed by atoms with Gasteiger partial charge in [-0.3, -0.25) is 0 Å². The van der Waals surface area contributed by atoms with Gasteiger partial charge in [0.15, 0.2) is 0 Å². The molecule has 0 aromatic rings. The number of hydrogen-bond acceptors (Lipinski definition) is 2. The van der Waals surface area contributed by atoms with Crippen LogP contribution in [0.3, 0.4) is 0 Å². The first-order valence-electron chi connectivity index (χ1n) is 3.85. The lowest BCUT2D eigenvalue weighted by atomic mass is 9.96. The molecule has 0 bridgehead atoms. The standard InChI is InChI=1S/C9H15NO/c1-5-9(11-6-10)8(4)7(2)3/h5,7-8H,1-4H3/b9-5+. The summed E-state index contributed by atoms with van der Waals surface area (Å²) in [5.74, 6) is 1.59. The number of hydrogen-bond donors (Lipinski definition) is 0. The molecule has 0 fully saturated rings. The summed E-state index contributed by atoms with van der Waals surface area (Å²) in [7, 11) is 0. The van der Waals surface area contributed by atoms with E-state index in [1.54, 1.807) is 6.26 Å². The maximum Gasteiger partial charge on any atom is 0.291 e. The van der Waals surface area contributed by atoms with Crippen molar-refractivity contribution in [2.24, 2.45) is 11.8 Å². The van der Waals surface area contributed by atoms with Crippen LogP contribution in [0, 0.1) is 23.4 Å². The molecular weight excluding hydrogens is 138 g/mol. The van der Waals surface area contributed by atoms with Crippen molar-refractivity contribution < 1.29 is 4.74 Å². The molecule has 0 spiro atoms. The first kappa shape index (κ1) is 10.0. The molecule has 0 saturated heterocycles. The normalized spacial score (nSPS) is 14.4. The van der Waals surface area contributed by atoms with E-state index in [0.29, 0.717) is 11.8 Å². The molecule has 0 saturated carbocycles. The Morgan fingerprint density at radius 1 is 1.45 bits per heavy atom. The Morgan fingerprint density at radius 3 is 2.27 bits per heavy atom. The van der Waals surface area contributed by atoms with Crippen LogP contribution in [-0.2, 0) is 4.74 Å². The number of nitrogens with zero attached hydrogens (tertiary/aromatic N) is 1. The first-order chi connectivity index (χ1) is 5.13. The maximum absolute atomic E-state index is 8.29. The minimum atomic E-state index is 0.319. The molecule has 2 heteroatoms. The first-order valence-corrected chi connectivity index (χ1v) is 3.85. The van der Waals surface area contributed by atoms with Gasteiger partial charge in [-0.25, -0.2) is 0 Å². The van der Waals surface area contributed by atoms with E-state index >= 15 is 0 Å². The van der Waals surface area contributed by atoms with Crippen molar-refractivity contribution in [2.45, 2.75) is 27.7 Å². The van der Waals surface area contributed by atoms with Crippen LogP contribution in [0.5, 0.6) is 0 Å². The molecule has 0 aliphatic rings. The van der Waals surface area contributed by atoms with Crippen LogP contribution in [0.2, 0.25) is 0 Å². The van der Waals surface area contributed by atoms with Crippen molar-refractivity contribution in [3.8, 4) is 6.26 Å². The summed E-state index contributed by atoms with van der Waals surface area (Å²) in [6.07, 6.45) is 3.53. The number of ether oxygens (including phenoxy) is 1. The van der Waals surface area contributed by atoms with Crippen LogP contribution in [0.4, 0.5) is 0 Å². The van der Waals surface area contributed by atoms with Gasteiger partial charge in [0.1, 0.15) is 5.76 Å². The maximum atomic E-state index is 8.29. The molecule has 62 valence electrons. The zero-order valence-corrected chi connectivity index (χ0v) is 7.59. The Labute approximate surface area is 68.5 Å². The van der Waals surface area contributed by atoms with Gasteiger partial charge >= 0.3 is 0 Å². The van der Waals surface area contributed by atoms with E-state index in [1.807, 2.05) is 13.0 Å². The minimum Gasteiger partial charge on any atom is -0.393 e. The molecule has 0 aromatic carbocycles. The van der Waals surface area contributed by atoms with E-state index in [4.69, 9.17) is 10.00 Å². The zero-order chi connectivity index (χ0) is 8.85. The van der Waals surface area contributed by atoms with Gasteiger partial charge in [0.05, 0.1) is 0 Å². The van der Waals surface area contributed by atoms with Crippen molar-refractivity contribution in [3.05, 3.63) is 11.8 Å². The van der Waals surface area contributed by atoms with Gasteiger partial charge in [-0.1, -0.05) is 20.8 Å². The lowest BCUT2D eigenvalue weighted by molar-refractivity contribution is 0.279. The molecule has 0 amide bonds. The summed E-state index contributed by atoms with van der Waals surface area (Å²) in [6.45, 7) is 8.15. The molecule has 0 aliphatic heterocycles. The van der Waals surface area contributed by atoms with Crippen LogP contribution < -0.4 is 0 Å². The molecule has 0 aliphatic carbocycles. The van der Waals surface area contributed by atoms with Crippen LogP contribution in [-0.4, -0.2) is 0 Å². The predicted molar refractivity (Wildman–Crippen MR) is 44.5 cm³/mol. The van der Waals surface area contributed by atoms with Gasteiger partial charge in [-0.05, 0) is 18.9 Å². The van der Waals surface area contributed by atoms with Gasteiger partial charge in [0, 0.05) is 5.92 Å². The number of allylic oxidation sites excluding steroid dienone is 2. The minimum absolute atomic E-state index is 0.319. The van der Waals surface area contributed by atoms with E-state index < -0.39 is 0 Å². The highest BCUT2D eigenvalue weighted by atomic mass is 16.5. The van der Waals surface area contributed by atoms with Crippen LogP contribution >= 0.6 is 0 Å². The fourth-order valence-corrected chi connectivity index (χ4v) is 0.796. The number of rotatable bonds is 3. The van der Waals surface area contributed by atoms with Gasteiger partial charge < -0.3 is 4.74 Å². The molecule has 2 nitrogen and oxygen atoms in total. The summed E-state index contributed by atoms with van der Waals surface area (Å²) in [5.41, 5.74) is 0. The topological polar surface area (TPSA) is 33.0 Å². The average Bonchev–Trinajstić information content (AvgIpc) is 1.98. The molecule has 0 radical (unpaired) electrons. The summed E-state index contributed by atoms with van der Waals surface area (Å²) in [6, 6.07) is 0. The fourth-order valence-electron chi connectivity index (χ4n) is 0.796. The molecule has 1 unspecified atom stereocenters. The van der Waals surface area contributed by atoms with Crippen LogP contribution in [0.15, 0.2) is 11.8 Å². The molecule has 11 heavy (non-hydrogen) atoms. The highest BCUT2D eigenvalue weighted by molar-refractivity contribution is 4.98. The average molecular weight is 153 g/mol. The molecule has 0 aromatic heterocycles. The second-order valence-corrected chi connectivity index (χ2v) is 2.92. The highest BCUT2D eigenvalue weighted by Gasteiger charge is 2.13. The van der Waals surface area contributed by atoms with Gasteiger partial charge in [-0.15, -0.1) is 5.26 Å². The smallest absolute Gasteiger partial charge is 0.291 e. The zero-order valence-electron chi connectivity index (χ0n) is 7.59. The Bertz CT molecular complexity index is 176. The Kier molecular flexibility index (Phi) is 4.36. The SMILES string of the molecule is C/C=C(/OC#N)C(C)C(C)C.